The first-order valence-corrected chi connectivity index (χ1v) is 9.21. The Balaban J connectivity index is 2.46. The Morgan fingerprint density at radius 2 is 1.79 bits per heavy atom. The first-order valence-electron chi connectivity index (χ1n) is 7.47. The fraction of sp³-hybridized carbons (Fsp3) is 0.529. The van der Waals surface area contributed by atoms with Crippen molar-refractivity contribution in [2.45, 2.75) is 59.9 Å². The van der Waals surface area contributed by atoms with Gasteiger partial charge in [-0.15, -0.1) is 0 Å². The quantitative estimate of drug-likeness (QED) is 0.693. The first-order chi connectivity index (χ1) is 9.26. The van der Waals surface area contributed by atoms with Crippen molar-refractivity contribution in [3.63, 3.8) is 0 Å². The fourth-order valence-electron chi connectivity index (χ4n) is 2.93. The molecule has 0 saturated carbocycles. The van der Waals surface area contributed by atoms with Crippen LogP contribution in [0.25, 0.3) is 0 Å². The van der Waals surface area contributed by atoms with E-state index in [-0.39, 0.29) is 17.1 Å². The third kappa shape index (κ3) is 2.79. The van der Waals surface area contributed by atoms with Crippen molar-refractivity contribution in [3.8, 4) is 0 Å². The summed E-state index contributed by atoms with van der Waals surface area (Å²) in [6.07, 6.45) is 11.6. The van der Waals surface area contributed by atoms with E-state index in [1.807, 2.05) is 0 Å². The number of hydrogen-bond donors (Lipinski definition) is 0. The Morgan fingerprint density at radius 3 is 2.26 bits per heavy atom. The molecular weight excluding hydrogens is 319 g/mol. The maximum atomic E-state index is 2.62. The van der Waals surface area contributed by atoms with E-state index in [2.05, 4.69) is 50.5 Å². The monoisotopic (exact) mass is 345 g/mol. The minimum atomic E-state index is 0.223. The van der Waals surface area contributed by atoms with Gasteiger partial charge in [0.05, 0.1) is 0 Å². The van der Waals surface area contributed by atoms with Crippen molar-refractivity contribution >= 4 is 4.29 Å². The van der Waals surface area contributed by atoms with Crippen LogP contribution in [-0.2, 0) is 42.9 Å². The van der Waals surface area contributed by atoms with E-state index in [1.54, 1.807) is 25.3 Å². The average molecular weight is 344 g/mol. The zero-order valence-corrected chi connectivity index (χ0v) is 14.3. The molecule has 0 saturated heterocycles. The predicted molar refractivity (Wildman–Crippen MR) is 79.7 cm³/mol. The molecule has 106 valence electrons. The van der Waals surface area contributed by atoms with E-state index in [0.29, 0.717) is 0 Å². The van der Waals surface area contributed by atoms with Crippen molar-refractivity contribution in [1.29, 1.82) is 0 Å². The molecule has 0 unspecified atom stereocenters. The Labute approximate surface area is 125 Å². The van der Waals surface area contributed by atoms with Crippen LogP contribution >= 0.6 is 0 Å². The molecule has 1 aliphatic rings. The Kier molecular flexibility index (Phi) is 5.22. The van der Waals surface area contributed by atoms with Gasteiger partial charge in [-0.25, -0.2) is 0 Å². The van der Waals surface area contributed by atoms with Gasteiger partial charge in [0.25, 0.3) is 0 Å². The van der Waals surface area contributed by atoms with Gasteiger partial charge >= 0.3 is 125 Å². The van der Waals surface area contributed by atoms with E-state index >= 15 is 0 Å². The van der Waals surface area contributed by atoms with Gasteiger partial charge in [-0.3, -0.25) is 0 Å². The molecular formula is C17H25NRu. The van der Waals surface area contributed by atoms with Crippen molar-refractivity contribution in [2.75, 3.05) is 0 Å². The molecule has 0 radical (unpaired) electrons. The molecule has 1 aromatic heterocycles. The molecule has 0 fully saturated rings. The summed E-state index contributed by atoms with van der Waals surface area (Å²) in [5, 5.41) is 0. The maximum absolute atomic E-state index is 2.62. The molecule has 2 heteroatoms. The third-order valence-electron chi connectivity index (χ3n) is 3.78. The van der Waals surface area contributed by atoms with E-state index < -0.39 is 0 Å². The van der Waals surface area contributed by atoms with Gasteiger partial charge in [0.15, 0.2) is 0 Å². The van der Waals surface area contributed by atoms with Gasteiger partial charge in [-0.2, -0.15) is 0 Å². The SMILES string of the molecule is CCc1c(CC)[c]([Ru][C]2=CC=CC2)n(CC)c1CC. The van der Waals surface area contributed by atoms with Crippen LogP contribution in [0.3, 0.4) is 0 Å². The van der Waals surface area contributed by atoms with Crippen LogP contribution < -0.4 is 4.29 Å². The number of allylic oxidation sites excluding steroid dienone is 4. The summed E-state index contributed by atoms with van der Waals surface area (Å²) in [5.41, 5.74) is 4.90. The van der Waals surface area contributed by atoms with Gasteiger partial charge in [0.2, 0.25) is 0 Å². The van der Waals surface area contributed by atoms with Gasteiger partial charge in [0, 0.05) is 0 Å². The second-order valence-corrected chi connectivity index (χ2v) is 7.18. The average Bonchev–Trinajstić information content (AvgIpc) is 3.03. The van der Waals surface area contributed by atoms with Crippen LogP contribution in [-0.4, -0.2) is 4.57 Å². The van der Waals surface area contributed by atoms with E-state index in [1.165, 1.54) is 25.7 Å². The summed E-state index contributed by atoms with van der Waals surface area (Å²) in [6, 6.07) is 0. The first kappa shape index (κ1) is 14.8. The van der Waals surface area contributed by atoms with Crippen molar-refractivity contribution in [2.24, 2.45) is 0 Å². The summed E-state index contributed by atoms with van der Waals surface area (Å²) >= 11 is 0.223. The van der Waals surface area contributed by atoms with Crippen LogP contribution in [0.15, 0.2) is 22.4 Å². The number of hydrogen-bond acceptors (Lipinski definition) is 0. The van der Waals surface area contributed by atoms with Crippen LogP contribution in [0, 0.1) is 0 Å². The third-order valence-corrected chi connectivity index (χ3v) is 6.39. The van der Waals surface area contributed by atoms with Crippen molar-refractivity contribution < 1.29 is 17.1 Å². The molecule has 1 aromatic rings. The van der Waals surface area contributed by atoms with E-state index in [4.69, 9.17) is 0 Å². The molecule has 1 heterocycles. The zero-order valence-electron chi connectivity index (χ0n) is 12.6. The number of nitrogens with zero attached hydrogens (tertiary/aromatic N) is 1. The second kappa shape index (κ2) is 6.70. The number of rotatable bonds is 6. The summed E-state index contributed by atoms with van der Waals surface area (Å²) in [7, 11) is 0. The molecule has 0 amide bonds. The molecule has 0 aliphatic heterocycles. The molecule has 0 bridgehead atoms. The van der Waals surface area contributed by atoms with Gasteiger partial charge in [0.1, 0.15) is 0 Å². The standard InChI is InChI=1S/C12H20N.C5H5.Ru/c1-5-10-9-13(8-4)12(7-3)11(10)6-2;1-2-4-5-3-1;/h5-8H2,1-4H3;1-3H,4H2;. The summed E-state index contributed by atoms with van der Waals surface area (Å²) in [6.45, 7) is 10.4. The summed E-state index contributed by atoms with van der Waals surface area (Å²) in [5.74, 6) is 0. The molecule has 1 nitrogen and oxygen atoms in total. The predicted octanol–water partition coefficient (Wildman–Crippen LogP) is 3.75. The molecule has 0 spiro atoms. The van der Waals surface area contributed by atoms with Crippen LogP contribution in [0.2, 0.25) is 0 Å². The molecule has 1 aliphatic carbocycles. The van der Waals surface area contributed by atoms with Crippen molar-refractivity contribution in [3.05, 3.63) is 39.2 Å². The Morgan fingerprint density at radius 1 is 1.05 bits per heavy atom. The van der Waals surface area contributed by atoms with Gasteiger partial charge in [-0.05, 0) is 0 Å². The number of aromatic nitrogens is 1. The molecule has 19 heavy (non-hydrogen) atoms. The second-order valence-electron chi connectivity index (χ2n) is 4.81. The van der Waals surface area contributed by atoms with E-state index in [0.717, 1.165) is 6.54 Å². The molecule has 0 aromatic carbocycles. The Hall–Kier alpha value is -0.617. The minimum absolute atomic E-state index is 0.223. The van der Waals surface area contributed by atoms with Crippen molar-refractivity contribution in [1.82, 2.24) is 4.57 Å². The fourth-order valence-corrected chi connectivity index (χ4v) is 5.73. The van der Waals surface area contributed by atoms with Crippen LogP contribution in [0.1, 0.15) is 50.9 Å². The van der Waals surface area contributed by atoms with Crippen LogP contribution in [0.4, 0.5) is 0 Å². The molecule has 0 atom stereocenters. The van der Waals surface area contributed by atoms with Crippen LogP contribution in [0.5, 0.6) is 0 Å². The Bertz CT molecular complexity index is 476. The topological polar surface area (TPSA) is 4.93 Å². The van der Waals surface area contributed by atoms with E-state index in [9.17, 15) is 0 Å². The molecule has 2 rings (SSSR count). The van der Waals surface area contributed by atoms with Gasteiger partial charge in [-0.1, -0.05) is 0 Å². The zero-order chi connectivity index (χ0) is 13.8. The normalized spacial score (nSPS) is 14.4. The van der Waals surface area contributed by atoms with Gasteiger partial charge < -0.3 is 0 Å². The summed E-state index contributed by atoms with van der Waals surface area (Å²) in [4.78, 5) is 0. The molecule has 0 N–H and O–H groups in total. The summed E-state index contributed by atoms with van der Waals surface area (Å²) < 4.78 is 5.94.